The summed E-state index contributed by atoms with van der Waals surface area (Å²) < 4.78 is 1.65. The van der Waals surface area contributed by atoms with Crippen LogP contribution in [-0.4, -0.2) is 32.1 Å². The second-order valence-corrected chi connectivity index (χ2v) is 7.03. The highest BCUT2D eigenvalue weighted by atomic mass is 32.2. The van der Waals surface area contributed by atoms with Crippen molar-refractivity contribution in [2.45, 2.75) is 70.2 Å². The molecule has 0 aromatic carbocycles. The molecule has 0 saturated carbocycles. The SMILES string of the molecule is CC(C)NC(C)(C#N)CCCSc1n[nH]c(=O)n1C(C)C. The van der Waals surface area contributed by atoms with Gasteiger partial charge in [0.05, 0.1) is 6.07 Å². The highest BCUT2D eigenvalue weighted by Gasteiger charge is 2.23. The van der Waals surface area contributed by atoms with Crippen LogP contribution in [0.5, 0.6) is 0 Å². The largest absolute Gasteiger partial charge is 0.344 e. The monoisotopic (exact) mass is 311 g/mol. The number of nitrogens with zero attached hydrogens (tertiary/aromatic N) is 3. The van der Waals surface area contributed by atoms with Gasteiger partial charge in [-0.2, -0.15) is 5.26 Å². The summed E-state index contributed by atoms with van der Waals surface area (Å²) in [7, 11) is 0. The van der Waals surface area contributed by atoms with Crippen molar-refractivity contribution in [2.75, 3.05) is 5.75 Å². The zero-order chi connectivity index (χ0) is 16.0. The van der Waals surface area contributed by atoms with E-state index in [2.05, 4.69) is 21.6 Å². The smallest absolute Gasteiger partial charge is 0.297 e. The van der Waals surface area contributed by atoms with Crippen LogP contribution in [0.15, 0.2) is 9.95 Å². The lowest BCUT2D eigenvalue weighted by atomic mass is 9.97. The molecule has 6 nitrogen and oxygen atoms in total. The van der Waals surface area contributed by atoms with E-state index in [1.807, 2.05) is 34.6 Å². The van der Waals surface area contributed by atoms with Crippen molar-refractivity contribution in [3.63, 3.8) is 0 Å². The van der Waals surface area contributed by atoms with Crippen molar-refractivity contribution in [3.05, 3.63) is 10.5 Å². The molecule has 1 heterocycles. The zero-order valence-corrected chi connectivity index (χ0v) is 14.3. The predicted molar refractivity (Wildman–Crippen MR) is 85.5 cm³/mol. The van der Waals surface area contributed by atoms with Crippen LogP contribution in [0.25, 0.3) is 0 Å². The highest BCUT2D eigenvalue weighted by Crippen LogP contribution is 2.20. The highest BCUT2D eigenvalue weighted by molar-refractivity contribution is 7.99. The Morgan fingerprint density at radius 1 is 1.48 bits per heavy atom. The van der Waals surface area contributed by atoms with Gasteiger partial charge in [0, 0.05) is 17.8 Å². The Labute approximate surface area is 130 Å². The average molecular weight is 311 g/mol. The van der Waals surface area contributed by atoms with Crippen LogP contribution >= 0.6 is 11.8 Å². The number of rotatable bonds is 8. The lowest BCUT2D eigenvalue weighted by Gasteiger charge is -2.25. The van der Waals surface area contributed by atoms with Gasteiger partial charge in [-0.3, -0.25) is 9.88 Å². The van der Waals surface area contributed by atoms with Crippen LogP contribution in [0.4, 0.5) is 0 Å². The molecule has 1 aromatic heterocycles. The second kappa shape index (κ2) is 7.66. The number of hydrogen-bond acceptors (Lipinski definition) is 5. The molecular formula is C14H25N5OS. The molecule has 7 heteroatoms. The second-order valence-electron chi connectivity index (χ2n) is 5.97. The molecule has 0 spiro atoms. The van der Waals surface area contributed by atoms with Gasteiger partial charge in [0.2, 0.25) is 0 Å². The van der Waals surface area contributed by atoms with Crippen LogP contribution in [0, 0.1) is 11.3 Å². The van der Waals surface area contributed by atoms with Gasteiger partial charge in [0.1, 0.15) is 5.54 Å². The standard InChI is InChI=1S/C14H25N5OS/c1-10(2)16-14(5,9-15)7-6-8-21-13-18-17-12(20)19(13)11(3)4/h10-11,16H,6-8H2,1-5H3,(H,17,20). The summed E-state index contributed by atoms with van der Waals surface area (Å²) in [5.74, 6) is 0.827. The van der Waals surface area contributed by atoms with Gasteiger partial charge >= 0.3 is 5.69 Å². The molecule has 2 N–H and O–H groups in total. The van der Waals surface area contributed by atoms with Gasteiger partial charge < -0.3 is 0 Å². The first-order valence-corrected chi connectivity index (χ1v) is 8.26. The topological polar surface area (TPSA) is 86.5 Å². The van der Waals surface area contributed by atoms with E-state index in [9.17, 15) is 10.1 Å². The molecule has 0 radical (unpaired) electrons. The van der Waals surface area contributed by atoms with E-state index in [1.54, 1.807) is 16.3 Å². The first-order chi connectivity index (χ1) is 9.79. The fourth-order valence-electron chi connectivity index (χ4n) is 2.23. The molecule has 0 aliphatic rings. The minimum atomic E-state index is -0.502. The lowest BCUT2D eigenvalue weighted by Crippen LogP contribution is -2.44. The summed E-state index contributed by atoms with van der Waals surface area (Å²) in [6.45, 7) is 9.92. The van der Waals surface area contributed by atoms with E-state index in [0.29, 0.717) is 5.16 Å². The van der Waals surface area contributed by atoms with E-state index < -0.39 is 5.54 Å². The van der Waals surface area contributed by atoms with E-state index in [0.717, 1.165) is 18.6 Å². The van der Waals surface area contributed by atoms with E-state index >= 15 is 0 Å². The number of nitriles is 1. The molecule has 0 aliphatic carbocycles. The fourth-order valence-corrected chi connectivity index (χ4v) is 3.25. The Kier molecular flexibility index (Phi) is 6.49. The van der Waals surface area contributed by atoms with Crippen LogP contribution < -0.4 is 11.0 Å². The number of H-pyrrole nitrogens is 1. The number of aromatic nitrogens is 3. The van der Waals surface area contributed by atoms with Crippen LogP contribution in [0.2, 0.25) is 0 Å². The Balaban J connectivity index is 2.51. The third-order valence-electron chi connectivity index (χ3n) is 3.09. The molecule has 0 aliphatic heterocycles. The Hall–Kier alpha value is -1.26. The van der Waals surface area contributed by atoms with Gasteiger partial charge in [-0.05, 0) is 47.5 Å². The average Bonchev–Trinajstić information content (AvgIpc) is 2.75. The molecular weight excluding hydrogens is 286 g/mol. The first kappa shape index (κ1) is 17.8. The quantitative estimate of drug-likeness (QED) is 0.568. The van der Waals surface area contributed by atoms with Crippen molar-refractivity contribution in [2.24, 2.45) is 0 Å². The van der Waals surface area contributed by atoms with E-state index in [-0.39, 0.29) is 17.8 Å². The molecule has 1 atom stereocenters. The molecule has 21 heavy (non-hydrogen) atoms. The van der Waals surface area contributed by atoms with Crippen molar-refractivity contribution >= 4 is 11.8 Å². The molecule has 118 valence electrons. The number of aromatic amines is 1. The zero-order valence-electron chi connectivity index (χ0n) is 13.4. The Morgan fingerprint density at radius 3 is 2.67 bits per heavy atom. The third kappa shape index (κ3) is 5.21. The molecule has 0 bridgehead atoms. The van der Waals surface area contributed by atoms with Crippen LogP contribution in [-0.2, 0) is 0 Å². The maximum Gasteiger partial charge on any atom is 0.344 e. The summed E-state index contributed by atoms with van der Waals surface area (Å²) in [6, 6.07) is 2.71. The Morgan fingerprint density at radius 2 is 2.14 bits per heavy atom. The van der Waals surface area contributed by atoms with Crippen molar-refractivity contribution < 1.29 is 0 Å². The normalized spacial score (nSPS) is 14.4. The van der Waals surface area contributed by atoms with Crippen LogP contribution in [0.1, 0.15) is 53.5 Å². The molecule has 0 saturated heterocycles. The summed E-state index contributed by atoms with van der Waals surface area (Å²) in [4.78, 5) is 11.6. The summed E-state index contributed by atoms with van der Waals surface area (Å²) in [5, 5.41) is 19.8. The van der Waals surface area contributed by atoms with Gasteiger partial charge in [0.15, 0.2) is 5.16 Å². The summed E-state index contributed by atoms with van der Waals surface area (Å²) in [5.41, 5.74) is -0.672. The first-order valence-electron chi connectivity index (χ1n) is 7.27. The number of hydrogen-bond donors (Lipinski definition) is 2. The van der Waals surface area contributed by atoms with Crippen molar-refractivity contribution in [1.82, 2.24) is 20.1 Å². The van der Waals surface area contributed by atoms with E-state index in [1.165, 1.54) is 0 Å². The lowest BCUT2D eigenvalue weighted by molar-refractivity contribution is 0.380. The minimum Gasteiger partial charge on any atom is -0.297 e. The van der Waals surface area contributed by atoms with Gasteiger partial charge in [-0.15, -0.1) is 5.10 Å². The number of nitrogens with one attached hydrogen (secondary N) is 2. The van der Waals surface area contributed by atoms with Gasteiger partial charge in [0.25, 0.3) is 0 Å². The van der Waals surface area contributed by atoms with Crippen molar-refractivity contribution in [1.29, 1.82) is 5.26 Å². The number of thioether (sulfide) groups is 1. The predicted octanol–water partition coefficient (Wildman–Crippen LogP) is 2.30. The molecule has 1 unspecified atom stereocenters. The maximum absolute atomic E-state index is 11.6. The minimum absolute atomic E-state index is 0.0886. The summed E-state index contributed by atoms with van der Waals surface area (Å²) in [6.07, 6.45) is 1.65. The van der Waals surface area contributed by atoms with Crippen LogP contribution in [0.3, 0.4) is 0 Å². The molecule has 0 fully saturated rings. The molecule has 1 rings (SSSR count). The van der Waals surface area contributed by atoms with Gasteiger partial charge in [-0.1, -0.05) is 11.8 Å². The summed E-state index contributed by atoms with van der Waals surface area (Å²) >= 11 is 1.55. The van der Waals surface area contributed by atoms with E-state index in [4.69, 9.17) is 0 Å². The molecule has 0 amide bonds. The molecule has 1 aromatic rings. The fraction of sp³-hybridized carbons (Fsp3) is 0.786. The third-order valence-corrected chi connectivity index (χ3v) is 4.13. The maximum atomic E-state index is 11.6. The van der Waals surface area contributed by atoms with Gasteiger partial charge in [-0.25, -0.2) is 9.89 Å². The van der Waals surface area contributed by atoms with Crippen molar-refractivity contribution in [3.8, 4) is 6.07 Å². The Bertz CT molecular complexity index is 542.